The molecule has 18 heteroatoms. The number of amides is 4. The molecule has 7 heterocycles. The van der Waals surface area contributed by atoms with E-state index in [0.29, 0.717) is 68.9 Å². The van der Waals surface area contributed by atoms with Crippen molar-refractivity contribution in [3.05, 3.63) is 59.4 Å². The number of carbonyl (C=O) groups is 3. The van der Waals surface area contributed by atoms with Gasteiger partial charge in [-0.05, 0) is 119 Å². The molecule has 3 aromatic heterocycles. The monoisotopic (exact) mass is 837 g/mol. The number of imide groups is 1. The first-order valence-corrected chi connectivity index (χ1v) is 22.8. The highest BCUT2D eigenvalue weighted by atomic mass is 32.2. The Balaban J connectivity index is 0.741. The van der Waals surface area contributed by atoms with Gasteiger partial charge in [0.05, 0.1) is 17.0 Å². The Morgan fingerprint density at radius 2 is 1.73 bits per heavy atom. The lowest BCUT2D eigenvalue weighted by molar-refractivity contribution is -0.121. The molecule has 17 nitrogen and oxygen atoms in total. The second-order valence-electron chi connectivity index (χ2n) is 17.5. The average Bonchev–Trinajstić information content (AvgIpc) is 3.94. The number of aliphatic hydroxyl groups is 1. The molecule has 2 aliphatic carbocycles. The zero-order valence-electron chi connectivity index (χ0n) is 33.8. The second-order valence-corrected chi connectivity index (χ2v) is 19.4. The number of pyridine rings is 1. The molecule has 4 amide bonds. The molecular formula is C42H51N11O6S. The van der Waals surface area contributed by atoms with E-state index >= 15 is 0 Å². The Hall–Kier alpha value is -5.04. The highest BCUT2D eigenvalue weighted by Crippen LogP contribution is 2.57. The minimum atomic E-state index is -3.81. The summed E-state index contributed by atoms with van der Waals surface area (Å²) in [6.07, 6.45) is 10.9. The molecule has 0 unspecified atom stereocenters. The molecule has 4 aliphatic heterocycles. The van der Waals surface area contributed by atoms with Gasteiger partial charge in [-0.3, -0.25) is 34.3 Å². The predicted molar refractivity (Wildman–Crippen MR) is 222 cm³/mol. The number of piperidine rings is 2. The van der Waals surface area contributed by atoms with Crippen molar-refractivity contribution >= 4 is 56.4 Å². The summed E-state index contributed by atoms with van der Waals surface area (Å²) < 4.78 is 31.1. The Morgan fingerprint density at radius 1 is 0.933 bits per heavy atom. The molecule has 1 spiro atoms. The fourth-order valence-corrected chi connectivity index (χ4v) is 11.6. The molecule has 3 saturated heterocycles. The van der Waals surface area contributed by atoms with Crippen LogP contribution in [-0.2, 0) is 38.6 Å². The summed E-state index contributed by atoms with van der Waals surface area (Å²) in [6, 6.07) is 9.34. The maximum absolute atomic E-state index is 13.9. The van der Waals surface area contributed by atoms with Crippen molar-refractivity contribution in [1.82, 2.24) is 39.3 Å². The Bertz CT molecular complexity index is 2470. The van der Waals surface area contributed by atoms with Crippen LogP contribution in [0.15, 0.2) is 47.8 Å². The molecule has 10 rings (SSSR count). The van der Waals surface area contributed by atoms with E-state index in [-0.39, 0.29) is 35.3 Å². The van der Waals surface area contributed by atoms with Crippen molar-refractivity contribution < 1.29 is 27.9 Å². The maximum atomic E-state index is 13.9. The van der Waals surface area contributed by atoms with E-state index in [9.17, 15) is 27.9 Å². The van der Waals surface area contributed by atoms with Crippen molar-refractivity contribution in [2.45, 2.75) is 112 Å². The van der Waals surface area contributed by atoms with E-state index in [4.69, 9.17) is 4.98 Å². The van der Waals surface area contributed by atoms with Gasteiger partial charge in [-0.1, -0.05) is 6.07 Å². The quantitative estimate of drug-likeness (QED) is 0.222. The summed E-state index contributed by atoms with van der Waals surface area (Å²) >= 11 is 0. The number of aromatic nitrogens is 5. The topological polar surface area (TPSA) is 199 Å². The van der Waals surface area contributed by atoms with Gasteiger partial charge < -0.3 is 10.4 Å². The highest BCUT2D eigenvalue weighted by Gasteiger charge is 2.61. The maximum Gasteiger partial charge on any atom is 0.329 e. The van der Waals surface area contributed by atoms with Gasteiger partial charge in [0.1, 0.15) is 5.82 Å². The molecule has 2 saturated carbocycles. The lowest BCUT2D eigenvalue weighted by Crippen LogP contribution is -2.49. The molecule has 4 aromatic rings. The molecule has 316 valence electrons. The number of nitrogens with one attached hydrogen (secondary N) is 2. The van der Waals surface area contributed by atoms with Gasteiger partial charge in [0.2, 0.25) is 17.8 Å². The Morgan fingerprint density at radius 3 is 2.48 bits per heavy atom. The van der Waals surface area contributed by atoms with E-state index in [1.54, 1.807) is 23.1 Å². The Labute approximate surface area is 348 Å². The number of benzene rings is 1. The number of anilines is 3. The highest BCUT2D eigenvalue weighted by molar-refractivity contribution is 7.89. The average molecular weight is 838 g/mol. The van der Waals surface area contributed by atoms with Crippen LogP contribution < -0.4 is 20.4 Å². The number of nitrogens with zero attached hydrogens (tertiary/aromatic N) is 9. The van der Waals surface area contributed by atoms with Gasteiger partial charge in [-0.2, -0.15) is 14.4 Å². The summed E-state index contributed by atoms with van der Waals surface area (Å²) in [5.74, 6) is 1.81. The van der Waals surface area contributed by atoms with Crippen LogP contribution in [-0.4, -0.2) is 116 Å². The minimum absolute atomic E-state index is 0.0342. The smallest absolute Gasteiger partial charge is 0.329 e. The summed E-state index contributed by atoms with van der Waals surface area (Å²) in [5.41, 5.74) is 3.44. The molecule has 6 aliphatic rings. The molecule has 1 aromatic carbocycles. The van der Waals surface area contributed by atoms with Crippen LogP contribution in [0.25, 0.3) is 10.9 Å². The van der Waals surface area contributed by atoms with Crippen LogP contribution in [0, 0.1) is 0 Å². The number of hydrogen-bond acceptors (Lipinski definition) is 12. The number of urea groups is 1. The lowest BCUT2D eigenvalue weighted by Gasteiger charge is -2.34. The predicted octanol–water partition coefficient (Wildman–Crippen LogP) is 3.53. The molecule has 5 fully saturated rings. The second kappa shape index (κ2) is 15.1. The fourth-order valence-electron chi connectivity index (χ4n) is 10.1. The summed E-state index contributed by atoms with van der Waals surface area (Å²) in [5, 5.41) is 21.7. The Kier molecular flexibility index (Phi) is 9.88. The van der Waals surface area contributed by atoms with E-state index in [0.717, 1.165) is 80.1 Å². The normalized spacial score (nSPS) is 24.3. The van der Waals surface area contributed by atoms with E-state index in [1.807, 2.05) is 24.1 Å². The minimum Gasteiger partial charge on any atom is -0.393 e. The van der Waals surface area contributed by atoms with Crippen LogP contribution in [0.3, 0.4) is 0 Å². The standard InChI is InChI=1S/C42H51N11O6S/c1-49-34-22-28(5-6-32(34)37(48-49)52-20-12-35(55)46-41(52)57)27-8-16-50(17-9-27)25-26-7-15-43-36(21-26)60(58,59)51-18-10-29(11-19-51)45-40-44-24-33-38(47-40)53(39(56)42(33)13-14-42)30-3-2-4-31(54)23-30/h5-7,15,21-22,24,27,29-31,54H,2-4,8-14,16-20,23,25H2,1H3,(H,44,45,47)(H,46,55,57)/t30-,31-/m1/s1. The number of fused-ring (bicyclic) bond motifs is 3. The van der Waals surface area contributed by atoms with Crippen molar-refractivity contribution in [2.75, 3.05) is 47.8 Å². The van der Waals surface area contributed by atoms with Gasteiger partial charge in [-0.15, -0.1) is 0 Å². The molecule has 0 radical (unpaired) electrons. The van der Waals surface area contributed by atoms with Crippen molar-refractivity contribution in [1.29, 1.82) is 0 Å². The molecule has 3 N–H and O–H groups in total. The number of carbonyl (C=O) groups excluding carboxylic acids is 3. The number of hydrogen-bond donors (Lipinski definition) is 3. The number of aryl methyl sites for hydroxylation is 1. The number of aliphatic hydroxyl groups excluding tert-OH is 1. The van der Waals surface area contributed by atoms with Crippen LogP contribution >= 0.6 is 0 Å². The van der Waals surface area contributed by atoms with Crippen molar-refractivity contribution in [3.63, 3.8) is 0 Å². The zero-order valence-corrected chi connectivity index (χ0v) is 34.6. The van der Waals surface area contributed by atoms with Gasteiger partial charge in [-0.25, -0.2) is 23.2 Å². The van der Waals surface area contributed by atoms with Crippen LogP contribution in [0.2, 0.25) is 0 Å². The third-order valence-electron chi connectivity index (χ3n) is 13.7. The number of sulfonamides is 1. The largest absolute Gasteiger partial charge is 0.393 e. The SMILES string of the molecule is Cn1nc(N2CCC(=O)NC2=O)c2ccc(C3CCN(Cc4ccnc(S(=O)(=O)N5CCC(Nc6ncc7c(n6)N([C@@H]6CCC[C@@H](O)C6)C(=O)C76CC6)CC5)c4)CC3)cc21. The first kappa shape index (κ1) is 39.1. The molecule has 0 bridgehead atoms. The van der Waals surface area contributed by atoms with E-state index < -0.39 is 27.6 Å². The summed E-state index contributed by atoms with van der Waals surface area (Å²) in [6.45, 7) is 3.31. The zero-order chi connectivity index (χ0) is 41.3. The molecular weight excluding hydrogens is 787 g/mol. The van der Waals surface area contributed by atoms with E-state index in [1.165, 1.54) is 14.8 Å². The van der Waals surface area contributed by atoms with Gasteiger partial charge in [0, 0.05) is 75.1 Å². The molecule has 60 heavy (non-hydrogen) atoms. The lowest BCUT2D eigenvalue weighted by atomic mass is 9.89. The number of rotatable bonds is 9. The van der Waals surface area contributed by atoms with Crippen molar-refractivity contribution in [2.24, 2.45) is 7.05 Å². The third kappa shape index (κ3) is 7.00. The molecule has 2 atom stereocenters. The van der Waals surface area contributed by atoms with Crippen LogP contribution in [0.1, 0.15) is 93.2 Å². The van der Waals surface area contributed by atoms with Gasteiger partial charge in [0.25, 0.3) is 10.0 Å². The van der Waals surface area contributed by atoms with Crippen LogP contribution in [0.5, 0.6) is 0 Å². The first-order chi connectivity index (χ1) is 29.0. The van der Waals surface area contributed by atoms with Gasteiger partial charge >= 0.3 is 6.03 Å². The summed E-state index contributed by atoms with van der Waals surface area (Å²) in [7, 11) is -1.94. The van der Waals surface area contributed by atoms with E-state index in [2.05, 4.69) is 42.7 Å². The van der Waals surface area contributed by atoms with Crippen molar-refractivity contribution in [3.8, 4) is 0 Å². The summed E-state index contributed by atoms with van der Waals surface area (Å²) in [4.78, 5) is 57.4. The van der Waals surface area contributed by atoms with Gasteiger partial charge in [0.15, 0.2) is 10.8 Å². The van der Waals surface area contributed by atoms with Crippen LogP contribution in [0.4, 0.5) is 22.4 Å². The first-order valence-electron chi connectivity index (χ1n) is 21.4. The third-order valence-corrected chi connectivity index (χ3v) is 15.5. The number of likely N-dealkylation sites (tertiary alicyclic amines) is 1. The fraction of sp³-hybridized carbons (Fsp3) is 0.548.